The smallest absolute Gasteiger partial charge is 0.316 e. The minimum absolute atomic E-state index is 0.106. The maximum atomic E-state index is 13.2. The van der Waals surface area contributed by atoms with E-state index >= 15 is 0 Å². The second-order valence-electron chi connectivity index (χ2n) is 12.0. The molecule has 0 saturated heterocycles. The van der Waals surface area contributed by atoms with Gasteiger partial charge in [0, 0.05) is 6.07 Å². The molecule has 1 unspecified atom stereocenters. The maximum Gasteiger partial charge on any atom is 0.316 e. The van der Waals surface area contributed by atoms with Gasteiger partial charge in [0.2, 0.25) is 0 Å². The topological polar surface area (TPSA) is 46.5 Å². The number of aromatic hydroxyl groups is 1. The number of phenols is 1. The van der Waals surface area contributed by atoms with Gasteiger partial charge in [0.15, 0.2) is 0 Å². The highest BCUT2D eigenvalue weighted by molar-refractivity contribution is 5.79. The summed E-state index contributed by atoms with van der Waals surface area (Å²) in [7, 11) is 0. The van der Waals surface area contributed by atoms with E-state index in [-0.39, 0.29) is 17.1 Å². The fourth-order valence-electron chi connectivity index (χ4n) is 4.93. The average Bonchev–Trinajstić information content (AvgIpc) is 2.77. The monoisotopic (exact) mass is 486 g/mol. The molecule has 1 aromatic carbocycles. The van der Waals surface area contributed by atoms with E-state index in [9.17, 15) is 9.90 Å². The molecule has 1 aromatic rings. The Bertz CT molecular complexity index is 760. The minimum atomic E-state index is -0.635. The predicted octanol–water partition coefficient (Wildman–Crippen LogP) is 9.81. The van der Waals surface area contributed by atoms with E-state index < -0.39 is 5.41 Å². The normalized spacial score (nSPS) is 13.3. The van der Waals surface area contributed by atoms with Crippen LogP contribution in [0.15, 0.2) is 30.4 Å². The molecule has 0 amide bonds. The maximum absolute atomic E-state index is 13.2. The van der Waals surface area contributed by atoms with Gasteiger partial charge in [-0.3, -0.25) is 4.79 Å². The first kappa shape index (κ1) is 31.3. The molecule has 0 aromatic heterocycles. The van der Waals surface area contributed by atoms with Crippen LogP contribution in [-0.2, 0) is 11.2 Å². The lowest BCUT2D eigenvalue weighted by molar-refractivity contribution is -0.145. The van der Waals surface area contributed by atoms with Gasteiger partial charge in [-0.05, 0) is 62.5 Å². The Labute approximate surface area is 216 Å². The minimum Gasteiger partial charge on any atom is -0.508 e. The molecule has 0 aliphatic carbocycles. The number of benzene rings is 1. The lowest BCUT2D eigenvalue weighted by Crippen LogP contribution is -2.33. The van der Waals surface area contributed by atoms with Gasteiger partial charge in [0.25, 0.3) is 0 Å². The van der Waals surface area contributed by atoms with Crippen LogP contribution in [0.1, 0.15) is 131 Å². The zero-order valence-corrected chi connectivity index (χ0v) is 23.9. The summed E-state index contributed by atoms with van der Waals surface area (Å²) in [6, 6.07) is 5.14. The van der Waals surface area contributed by atoms with Crippen molar-refractivity contribution in [3.05, 3.63) is 35.9 Å². The third-order valence-corrected chi connectivity index (χ3v) is 6.91. The number of unbranched alkanes of at least 4 members (excludes halogenated alkanes) is 7. The second-order valence-corrected chi connectivity index (χ2v) is 12.0. The number of allylic oxidation sites excluding steroid dienone is 2. The van der Waals surface area contributed by atoms with Crippen molar-refractivity contribution < 1.29 is 14.6 Å². The summed E-state index contributed by atoms with van der Waals surface area (Å²) in [4.78, 5) is 13.2. The van der Waals surface area contributed by atoms with E-state index in [0.29, 0.717) is 18.1 Å². The molecule has 1 atom stereocenters. The third kappa shape index (κ3) is 13.2. The molecule has 0 radical (unpaired) electrons. The number of phenolic OH excluding ortho intramolecular Hbond substituents is 1. The van der Waals surface area contributed by atoms with E-state index in [2.05, 4.69) is 46.8 Å². The summed E-state index contributed by atoms with van der Waals surface area (Å²) in [6.45, 7) is 15.1. The van der Waals surface area contributed by atoms with Gasteiger partial charge in [-0.25, -0.2) is 0 Å². The molecule has 3 heteroatoms. The molecule has 1 N–H and O–H groups in total. The van der Waals surface area contributed by atoms with Crippen LogP contribution in [0.25, 0.3) is 0 Å². The number of carbonyl (C=O) groups excluding carboxylic acids is 1. The van der Waals surface area contributed by atoms with Crippen molar-refractivity contribution in [2.75, 3.05) is 0 Å². The van der Waals surface area contributed by atoms with E-state index in [1.165, 1.54) is 51.4 Å². The molecular formula is C32H54O3. The molecule has 200 valence electrons. The van der Waals surface area contributed by atoms with Crippen molar-refractivity contribution in [3.63, 3.8) is 0 Å². The number of hydrogen-bond donors (Lipinski definition) is 1. The van der Waals surface area contributed by atoms with E-state index in [0.717, 1.165) is 31.2 Å². The van der Waals surface area contributed by atoms with Gasteiger partial charge < -0.3 is 9.84 Å². The van der Waals surface area contributed by atoms with Crippen molar-refractivity contribution >= 4 is 5.97 Å². The summed E-state index contributed by atoms with van der Waals surface area (Å²) in [5.41, 5.74) is 0.250. The summed E-state index contributed by atoms with van der Waals surface area (Å²) < 4.78 is 5.89. The molecule has 0 fully saturated rings. The Kier molecular flexibility index (Phi) is 14.4. The lowest BCUT2D eigenvalue weighted by atomic mass is 9.74. The molecule has 0 spiro atoms. The summed E-state index contributed by atoms with van der Waals surface area (Å²) >= 11 is 0. The highest BCUT2D eigenvalue weighted by Crippen LogP contribution is 2.37. The van der Waals surface area contributed by atoms with E-state index in [1.54, 1.807) is 12.1 Å². The van der Waals surface area contributed by atoms with Crippen LogP contribution >= 0.6 is 0 Å². The molecular weight excluding hydrogens is 432 g/mol. The Morgan fingerprint density at radius 1 is 0.971 bits per heavy atom. The van der Waals surface area contributed by atoms with Gasteiger partial charge in [-0.15, -0.1) is 0 Å². The van der Waals surface area contributed by atoms with Gasteiger partial charge >= 0.3 is 5.97 Å². The summed E-state index contributed by atoms with van der Waals surface area (Å²) in [5, 5.41) is 9.98. The molecule has 1 rings (SSSR count). The highest BCUT2D eigenvalue weighted by Gasteiger charge is 2.35. The molecule has 0 bridgehead atoms. The summed E-state index contributed by atoms with van der Waals surface area (Å²) in [6.07, 6.45) is 19.8. The highest BCUT2D eigenvalue weighted by atomic mass is 16.5. The predicted molar refractivity (Wildman–Crippen MR) is 150 cm³/mol. The fourth-order valence-corrected chi connectivity index (χ4v) is 4.93. The Hall–Kier alpha value is -1.77. The van der Waals surface area contributed by atoms with Crippen molar-refractivity contribution in [1.29, 1.82) is 0 Å². The Morgan fingerprint density at radius 2 is 1.60 bits per heavy atom. The van der Waals surface area contributed by atoms with Crippen molar-refractivity contribution in [2.24, 2.45) is 16.7 Å². The van der Waals surface area contributed by atoms with E-state index in [1.807, 2.05) is 19.9 Å². The van der Waals surface area contributed by atoms with Gasteiger partial charge in [0.1, 0.15) is 11.5 Å². The number of esters is 1. The molecule has 0 aliphatic rings. The van der Waals surface area contributed by atoms with Crippen molar-refractivity contribution in [3.8, 4) is 11.5 Å². The zero-order valence-electron chi connectivity index (χ0n) is 23.9. The molecule has 0 aliphatic heterocycles. The Morgan fingerprint density at radius 3 is 2.26 bits per heavy atom. The number of ether oxygens (including phenoxy) is 1. The van der Waals surface area contributed by atoms with Crippen molar-refractivity contribution in [2.45, 2.75) is 132 Å². The van der Waals surface area contributed by atoms with Crippen LogP contribution in [0, 0.1) is 16.7 Å². The SMILES string of the molecule is CCCCCCCC(C)C/C=C\C(C)(C)CC(C)(C)C(=O)Oc1cc(O)ccc1CCCCCC. The lowest BCUT2D eigenvalue weighted by Gasteiger charge is -2.31. The van der Waals surface area contributed by atoms with Crippen LogP contribution in [0.5, 0.6) is 11.5 Å². The van der Waals surface area contributed by atoms with Crippen LogP contribution in [-0.4, -0.2) is 11.1 Å². The second kappa shape index (κ2) is 16.1. The van der Waals surface area contributed by atoms with Crippen LogP contribution in [0.3, 0.4) is 0 Å². The number of aryl methyl sites for hydroxylation is 1. The quantitative estimate of drug-likeness (QED) is 0.0971. The molecule has 0 heterocycles. The number of rotatable bonds is 18. The largest absolute Gasteiger partial charge is 0.508 e. The van der Waals surface area contributed by atoms with E-state index in [4.69, 9.17) is 4.74 Å². The molecule has 0 saturated carbocycles. The van der Waals surface area contributed by atoms with Gasteiger partial charge in [-0.1, -0.05) is 111 Å². The first-order valence-electron chi connectivity index (χ1n) is 14.2. The first-order valence-corrected chi connectivity index (χ1v) is 14.2. The third-order valence-electron chi connectivity index (χ3n) is 6.91. The number of carbonyl (C=O) groups is 1. The van der Waals surface area contributed by atoms with Gasteiger partial charge in [-0.2, -0.15) is 0 Å². The average molecular weight is 487 g/mol. The van der Waals surface area contributed by atoms with Crippen LogP contribution < -0.4 is 4.74 Å². The summed E-state index contributed by atoms with van der Waals surface area (Å²) in [5.74, 6) is 1.09. The first-order chi connectivity index (χ1) is 16.5. The Balaban J connectivity index is 2.66. The van der Waals surface area contributed by atoms with Crippen LogP contribution in [0.4, 0.5) is 0 Å². The van der Waals surface area contributed by atoms with Crippen LogP contribution in [0.2, 0.25) is 0 Å². The standard InChI is InChI=1S/C32H54O3/c1-8-10-12-14-15-18-26(3)19-17-23-31(4,5)25-32(6,7)30(34)35-29-24-28(33)22-21-27(29)20-16-13-11-9-2/h17,21-24,26,33H,8-16,18-20,25H2,1-7H3/b23-17-. The number of hydrogen-bond acceptors (Lipinski definition) is 3. The zero-order chi connectivity index (χ0) is 26.3. The van der Waals surface area contributed by atoms with Gasteiger partial charge in [0.05, 0.1) is 5.41 Å². The van der Waals surface area contributed by atoms with Crippen molar-refractivity contribution in [1.82, 2.24) is 0 Å². The fraction of sp³-hybridized carbons (Fsp3) is 0.719. The molecule has 35 heavy (non-hydrogen) atoms. The molecule has 3 nitrogen and oxygen atoms in total.